The SMILES string of the molecule is OB(O)c1ccccc1.OC(Cn1cncn1)(c1ccc(-c2ccccc2)cc1Cl)C1CC1.OC(Cn1cncn1)(c1ccc(Br)cc1Cl)C1CC1.[I-]. The molecule has 15 heteroatoms. The Kier molecular flexibility index (Phi) is 14.3. The minimum Gasteiger partial charge on any atom is -1.00 e. The Bertz CT molecular complexity index is 2030. The van der Waals surface area contributed by atoms with Crippen LogP contribution >= 0.6 is 39.1 Å². The molecule has 4 N–H and O–H groups in total. The predicted octanol–water partition coefficient (Wildman–Crippen LogP) is 3.26. The zero-order valence-electron chi connectivity index (χ0n) is 28.5. The van der Waals surface area contributed by atoms with E-state index in [9.17, 15) is 10.2 Å². The molecule has 2 heterocycles. The number of hydrogen-bond acceptors (Lipinski definition) is 8. The van der Waals surface area contributed by atoms with E-state index in [1.165, 1.54) is 12.7 Å². The van der Waals surface area contributed by atoms with Gasteiger partial charge in [-0.25, -0.2) is 19.3 Å². The summed E-state index contributed by atoms with van der Waals surface area (Å²) >= 11 is 16.2. The van der Waals surface area contributed by atoms with Crippen molar-refractivity contribution in [3.63, 3.8) is 0 Å². The molecule has 2 atom stereocenters. The van der Waals surface area contributed by atoms with Crippen molar-refractivity contribution in [2.45, 2.75) is 50.0 Å². The first-order valence-corrected chi connectivity index (χ1v) is 18.4. The van der Waals surface area contributed by atoms with Gasteiger partial charge in [0.25, 0.3) is 0 Å². The summed E-state index contributed by atoms with van der Waals surface area (Å²) in [7, 11) is -1.34. The van der Waals surface area contributed by atoms with Crippen molar-refractivity contribution >= 4 is 51.7 Å². The van der Waals surface area contributed by atoms with Gasteiger partial charge in [-0.3, -0.25) is 0 Å². The summed E-state index contributed by atoms with van der Waals surface area (Å²) in [6.45, 7) is 0.737. The number of nitrogens with zero attached hydrogens (tertiary/aromatic N) is 6. The van der Waals surface area contributed by atoms with Crippen molar-refractivity contribution in [1.82, 2.24) is 29.5 Å². The highest BCUT2D eigenvalue weighted by Gasteiger charge is 2.47. The van der Waals surface area contributed by atoms with E-state index in [-0.39, 0.29) is 35.8 Å². The summed E-state index contributed by atoms with van der Waals surface area (Å²) in [5, 5.41) is 49.0. The lowest BCUT2D eigenvalue weighted by atomic mass is 9.81. The second kappa shape index (κ2) is 18.5. The standard InChI is InChI=1S/C19H18ClN3O.C13H13BrClN3O.C6H7BO2.HI/c20-18-10-15(14-4-2-1-3-5-14)6-9-17(18)19(24,16-7-8-16)11-23-13-21-12-22-23;14-10-3-4-11(12(15)5-10)13(19,9-1-2-9)6-18-8-16-7-17-18;8-7(9)6-4-2-1-3-5-6;/h1-6,9-10,12-13,16,24H,7-8,11H2;3-5,7-9,19H,1-2,6H2;1-5,8-9H;1H/p-1. The molecule has 2 aliphatic carbocycles. The van der Waals surface area contributed by atoms with Gasteiger partial charge in [-0.1, -0.05) is 118 Å². The summed E-state index contributed by atoms with van der Waals surface area (Å²) < 4.78 is 4.22. The summed E-state index contributed by atoms with van der Waals surface area (Å²) in [6, 6.07) is 30.2. The Morgan fingerprint density at radius 2 is 1.13 bits per heavy atom. The molecule has 2 aliphatic rings. The van der Waals surface area contributed by atoms with Crippen LogP contribution < -0.4 is 29.4 Å². The third kappa shape index (κ3) is 10.5. The summed E-state index contributed by atoms with van der Waals surface area (Å²) in [5.41, 5.74) is 2.21. The van der Waals surface area contributed by atoms with Crippen LogP contribution in [0.1, 0.15) is 36.8 Å². The van der Waals surface area contributed by atoms with Crippen molar-refractivity contribution in [2.24, 2.45) is 11.8 Å². The van der Waals surface area contributed by atoms with Gasteiger partial charge >= 0.3 is 7.12 Å². The second-order valence-electron chi connectivity index (χ2n) is 13.1. The fraction of sp³-hybridized carbons (Fsp3) is 0.263. The maximum atomic E-state index is 11.4. The first-order valence-electron chi connectivity index (χ1n) is 16.9. The Morgan fingerprint density at radius 1 is 0.660 bits per heavy atom. The zero-order chi connectivity index (χ0) is 36.7. The van der Waals surface area contributed by atoms with Crippen LogP contribution in [-0.4, -0.2) is 56.9 Å². The highest BCUT2D eigenvalue weighted by Crippen LogP contribution is 2.50. The summed E-state index contributed by atoms with van der Waals surface area (Å²) in [4.78, 5) is 7.88. The van der Waals surface area contributed by atoms with E-state index in [1.807, 2.05) is 72.8 Å². The van der Waals surface area contributed by atoms with Crippen molar-refractivity contribution in [3.8, 4) is 11.1 Å². The number of hydrogen-bond donors (Lipinski definition) is 4. The normalized spacial score (nSPS) is 15.7. The van der Waals surface area contributed by atoms with Crippen LogP contribution in [0.2, 0.25) is 10.0 Å². The molecule has 53 heavy (non-hydrogen) atoms. The van der Waals surface area contributed by atoms with Gasteiger partial charge in [0.1, 0.15) is 36.5 Å². The van der Waals surface area contributed by atoms with E-state index < -0.39 is 18.3 Å². The highest BCUT2D eigenvalue weighted by atomic mass is 127. The molecular weight excluding hydrogens is 893 g/mol. The summed E-state index contributed by atoms with van der Waals surface area (Å²) in [6.07, 6.45) is 10.2. The van der Waals surface area contributed by atoms with Crippen molar-refractivity contribution < 1.29 is 44.2 Å². The van der Waals surface area contributed by atoms with Gasteiger partial charge in [-0.15, -0.1) is 0 Å². The minimum atomic E-state index is -1.34. The average molecular weight is 931 g/mol. The largest absolute Gasteiger partial charge is 1.00 e. The number of rotatable bonds is 10. The lowest BCUT2D eigenvalue weighted by Crippen LogP contribution is -3.00. The molecule has 276 valence electrons. The average Bonchev–Trinajstić information content (AvgIpc) is 4.08. The highest BCUT2D eigenvalue weighted by molar-refractivity contribution is 9.10. The molecule has 0 radical (unpaired) electrons. The van der Waals surface area contributed by atoms with Gasteiger partial charge in [-0.2, -0.15) is 10.2 Å². The Hall–Kier alpha value is -3.15. The van der Waals surface area contributed by atoms with Crippen LogP contribution in [-0.2, 0) is 24.3 Å². The van der Waals surface area contributed by atoms with E-state index in [1.54, 1.807) is 46.3 Å². The van der Waals surface area contributed by atoms with Gasteiger partial charge in [0.15, 0.2) is 0 Å². The third-order valence-corrected chi connectivity index (χ3v) is 10.4. The van der Waals surface area contributed by atoms with E-state index >= 15 is 0 Å². The lowest BCUT2D eigenvalue weighted by molar-refractivity contribution is -0.00796. The van der Waals surface area contributed by atoms with Gasteiger partial charge in [0.05, 0.1) is 13.1 Å². The van der Waals surface area contributed by atoms with Crippen molar-refractivity contribution in [1.29, 1.82) is 0 Å². The van der Waals surface area contributed by atoms with Crippen LogP contribution in [0, 0.1) is 11.8 Å². The smallest absolute Gasteiger partial charge is 0.488 e. The molecular formula is C38H38BBrCl2IN6O4-. The molecule has 2 fully saturated rings. The molecule has 2 saturated carbocycles. The van der Waals surface area contributed by atoms with E-state index in [4.69, 9.17) is 33.2 Å². The molecule has 4 aromatic carbocycles. The molecule has 8 rings (SSSR count). The molecule has 2 unspecified atom stereocenters. The molecule has 2 aromatic heterocycles. The van der Waals surface area contributed by atoms with Gasteiger partial charge in [0.2, 0.25) is 0 Å². The van der Waals surface area contributed by atoms with Crippen LogP contribution in [0.3, 0.4) is 0 Å². The molecule has 0 amide bonds. The maximum absolute atomic E-state index is 11.4. The minimum absolute atomic E-state index is 0. The van der Waals surface area contributed by atoms with Crippen LogP contribution in [0.5, 0.6) is 0 Å². The maximum Gasteiger partial charge on any atom is 0.488 e. The van der Waals surface area contributed by atoms with E-state index in [0.717, 1.165) is 52.4 Å². The molecule has 0 bridgehead atoms. The first-order chi connectivity index (χ1) is 25.1. The monoisotopic (exact) mass is 929 g/mol. The van der Waals surface area contributed by atoms with Crippen molar-refractivity contribution in [2.75, 3.05) is 0 Å². The van der Waals surface area contributed by atoms with Crippen molar-refractivity contribution in [3.05, 3.63) is 148 Å². The quantitative estimate of drug-likeness (QED) is 0.121. The molecule has 0 aliphatic heterocycles. The molecule has 0 saturated heterocycles. The fourth-order valence-corrected chi connectivity index (χ4v) is 7.44. The van der Waals surface area contributed by atoms with Crippen LogP contribution in [0.4, 0.5) is 0 Å². The number of aromatic nitrogens is 6. The Balaban J connectivity index is 0.000000167. The third-order valence-electron chi connectivity index (χ3n) is 9.28. The second-order valence-corrected chi connectivity index (χ2v) is 14.8. The van der Waals surface area contributed by atoms with Crippen LogP contribution in [0.25, 0.3) is 11.1 Å². The number of halogens is 4. The van der Waals surface area contributed by atoms with Gasteiger partial charge in [0, 0.05) is 25.6 Å². The van der Waals surface area contributed by atoms with E-state index in [2.05, 4.69) is 36.1 Å². The number of benzene rings is 4. The molecule has 6 aromatic rings. The predicted molar refractivity (Wildman–Crippen MR) is 206 cm³/mol. The Morgan fingerprint density at radius 3 is 1.53 bits per heavy atom. The van der Waals surface area contributed by atoms with Gasteiger partial charge in [-0.05, 0) is 72.3 Å². The Labute approximate surface area is 344 Å². The topological polar surface area (TPSA) is 142 Å². The van der Waals surface area contributed by atoms with E-state index in [0.29, 0.717) is 28.6 Å². The lowest BCUT2D eigenvalue weighted by Gasteiger charge is -2.29. The summed E-state index contributed by atoms with van der Waals surface area (Å²) in [5.74, 6) is 0.442. The van der Waals surface area contributed by atoms with Gasteiger partial charge < -0.3 is 44.2 Å². The number of aliphatic hydroxyl groups is 2. The first kappa shape index (κ1) is 41.0. The fourth-order valence-electron chi connectivity index (χ4n) is 6.25. The molecule has 0 spiro atoms. The zero-order valence-corrected chi connectivity index (χ0v) is 33.8. The molecule has 10 nitrogen and oxygen atoms in total. The van der Waals surface area contributed by atoms with Crippen LogP contribution in [0.15, 0.2) is 127 Å².